The lowest BCUT2D eigenvalue weighted by atomic mass is 9.98. The van der Waals surface area contributed by atoms with Gasteiger partial charge in [0.1, 0.15) is 11.9 Å². The number of carbonyl (C=O) groups is 3. The van der Waals surface area contributed by atoms with E-state index in [0.717, 1.165) is 19.5 Å². The third kappa shape index (κ3) is 4.04. The van der Waals surface area contributed by atoms with E-state index in [2.05, 4.69) is 46.0 Å². The van der Waals surface area contributed by atoms with Crippen LogP contribution in [0.1, 0.15) is 27.9 Å². The van der Waals surface area contributed by atoms with Crippen LogP contribution in [0, 0.1) is 11.8 Å². The molecule has 0 radical (unpaired) electrons. The van der Waals surface area contributed by atoms with E-state index in [4.69, 9.17) is 0 Å². The van der Waals surface area contributed by atoms with E-state index in [0.29, 0.717) is 42.6 Å². The molecule has 4 heterocycles. The molecule has 2 aromatic rings. The van der Waals surface area contributed by atoms with E-state index in [1.54, 1.807) is 29.3 Å². The van der Waals surface area contributed by atoms with E-state index in [1.807, 2.05) is 11.0 Å². The number of rotatable bonds is 3. The summed E-state index contributed by atoms with van der Waals surface area (Å²) in [5.74, 6) is 0.638. The Balaban J connectivity index is 1.14. The molecule has 6 rings (SSSR count). The van der Waals surface area contributed by atoms with Crippen LogP contribution in [-0.4, -0.2) is 71.3 Å². The minimum absolute atomic E-state index is 0.0363. The Morgan fingerprint density at radius 1 is 1.14 bits per heavy atom. The minimum Gasteiger partial charge on any atom is -0.338 e. The van der Waals surface area contributed by atoms with E-state index < -0.39 is 6.04 Å². The van der Waals surface area contributed by atoms with E-state index in [9.17, 15) is 14.4 Å². The number of pyridine rings is 1. The molecule has 1 aliphatic carbocycles. The molecule has 3 amide bonds. The second-order valence-electron chi connectivity index (χ2n) is 9.64. The Hall–Kier alpha value is -3.78. The molecule has 35 heavy (non-hydrogen) atoms. The minimum atomic E-state index is -0.544. The van der Waals surface area contributed by atoms with E-state index in [-0.39, 0.29) is 23.5 Å². The van der Waals surface area contributed by atoms with Crippen molar-refractivity contribution in [3.63, 3.8) is 0 Å². The second-order valence-corrected chi connectivity index (χ2v) is 9.64. The highest BCUT2D eigenvalue weighted by molar-refractivity contribution is 6.09. The normalized spacial score (nSPS) is 25.6. The summed E-state index contributed by atoms with van der Waals surface area (Å²) in [5, 5.41) is 5.92. The first-order valence-corrected chi connectivity index (χ1v) is 12.1. The van der Waals surface area contributed by atoms with Crippen LogP contribution < -0.4 is 10.6 Å². The van der Waals surface area contributed by atoms with Crippen molar-refractivity contribution in [2.75, 3.05) is 38.0 Å². The summed E-state index contributed by atoms with van der Waals surface area (Å²) in [6.07, 6.45) is 8.16. The lowest BCUT2D eigenvalue weighted by molar-refractivity contribution is -0.125. The number of likely N-dealkylation sites (tertiary alicyclic amines) is 1. The van der Waals surface area contributed by atoms with Gasteiger partial charge in [0.25, 0.3) is 5.91 Å². The summed E-state index contributed by atoms with van der Waals surface area (Å²) >= 11 is 0. The lowest BCUT2D eigenvalue weighted by Gasteiger charge is -2.33. The lowest BCUT2D eigenvalue weighted by Crippen LogP contribution is -2.57. The van der Waals surface area contributed by atoms with Crippen LogP contribution in [0.5, 0.6) is 0 Å². The van der Waals surface area contributed by atoms with Crippen LogP contribution in [0.25, 0.3) is 11.6 Å². The molecule has 1 aromatic heterocycles. The zero-order chi connectivity index (χ0) is 23.9. The third-order valence-electron chi connectivity index (χ3n) is 7.45. The summed E-state index contributed by atoms with van der Waals surface area (Å²) < 4.78 is 0. The van der Waals surface area contributed by atoms with Gasteiger partial charge in [-0.3, -0.25) is 14.4 Å². The highest BCUT2D eigenvalue weighted by Gasteiger charge is 2.38. The van der Waals surface area contributed by atoms with Crippen molar-refractivity contribution in [2.24, 2.45) is 11.8 Å². The first-order valence-electron chi connectivity index (χ1n) is 12.1. The van der Waals surface area contributed by atoms with Gasteiger partial charge in [0.2, 0.25) is 11.8 Å². The Morgan fingerprint density at radius 2 is 2.00 bits per heavy atom. The van der Waals surface area contributed by atoms with Crippen LogP contribution in [-0.2, 0) is 9.59 Å². The molecule has 8 heteroatoms. The fraction of sp³-hybridized carbons (Fsp3) is 0.333. The van der Waals surface area contributed by atoms with Gasteiger partial charge >= 0.3 is 0 Å². The van der Waals surface area contributed by atoms with E-state index in [1.165, 1.54) is 11.1 Å². The molecule has 2 fully saturated rings. The van der Waals surface area contributed by atoms with Gasteiger partial charge in [0.05, 0.1) is 5.56 Å². The Kier molecular flexibility index (Phi) is 5.45. The van der Waals surface area contributed by atoms with Crippen LogP contribution in [0.4, 0.5) is 5.82 Å². The van der Waals surface area contributed by atoms with Crippen molar-refractivity contribution in [3.8, 4) is 0 Å². The van der Waals surface area contributed by atoms with Crippen LogP contribution >= 0.6 is 0 Å². The molecule has 3 aliphatic heterocycles. The summed E-state index contributed by atoms with van der Waals surface area (Å²) in [4.78, 5) is 46.4. The van der Waals surface area contributed by atoms with Gasteiger partial charge < -0.3 is 20.4 Å². The van der Waals surface area contributed by atoms with Crippen LogP contribution in [0.2, 0.25) is 0 Å². The van der Waals surface area contributed by atoms with Crippen molar-refractivity contribution in [1.29, 1.82) is 0 Å². The second kappa shape index (κ2) is 8.78. The smallest absolute Gasteiger partial charge is 0.258 e. The van der Waals surface area contributed by atoms with E-state index >= 15 is 0 Å². The largest absolute Gasteiger partial charge is 0.338 e. The standard InChI is InChI=1S/C27H27N5O3/c33-24(31-15-20-11-19(12-21(20)16-31)18-4-2-1-3-5-18)7-6-17-10-22-25(29-13-17)30-26(34)23-14-28-8-9-32(23)27(22)35/h1-7,10-11,13,20-21,23,28H,8-9,12,14-16H2,(H,29,30,34)/b7-6+. The third-order valence-corrected chi connectivity index (χ3v) is 7.45. The van der Waals surface area contributed by atoms with Gasteiger partial charge in [-0.15, -0.1) is 0 Å². The number of fused-ring (bicyclic) bond motifs is 3. The van der Waals surface area contributed by atoms with Crippen molar-refractivity contribution in [2.45, 2.75) is 12.5 Å². The first kappa shape index (κ1) is 21.7. The number of benzene rings is 1. The van der Waals surface area contributed by atoms with Gasteiger partial charge in [-0.05, 0) is 47.1 Å². The Labute approximate surface area is 203 Å². The van der Waals surface area contributed by atoms with Crippen molar-refractivity contribution >= 4 is 35.2 Å². The van der Waals surface area contributed by atoms with Gasteiger partial charge in [-0.2, -0.15) is 0 Å². The Morgan fingerprint density at radius 3 is 2.83 bits per heavy atom. The summed E-state index contributed by atoms with van der Waals surface area (Å²) in [6, 6.07) is 11.6. The predicted molar refractivity (Wildman–Crippen MR) is 132 cm³/mol. The van der Waals surface area contributed by atoms with Gasteiger partial charge in [0.15, 0.2) is 0 Å². The maximum atomic E-state index is 13.1. The molecule has 3 unspecified atom stereocenters. The van der Waals surface area contributed by atoms with Crippen LogP contribution in [0.3, 0.4) is 0 Å². The molecule has 1 aromatic carbocycles. The summed E-state index contributed by atoms with van der Waals surface area (Å²) in [6.45, 7) is 3.01. The molecular weight excluding hydrogens is 442 g/mol. The number of anilines is 1. The molecular formula is C27H27N5O3. The van der Waals surface area contributed by atoms with Crippen molar-refractivity contribution in [1.82, 2.24) is 20.1 Å². The van der Waals surface area contributed by atoms with Crippen molar-refractivity contribution in [3.05, 3.63) is 71.4 Å². The average Bonchev–Trinajstić information content (AvgIpc) is 3.45. The molecule has 0 bridgehead atoms. The molecule has 8 nitrogen and oxygen atoms in total. The maximum absolute atomic E-state index is 13.1. The fourth-order valence-corrected chi connectivity index (χ4v) is 5.60. The molecule has 4 aliphatic rings. The number of hydrogen-bond acceptors (Lipinski definition) is 5. The SMILES string of the molecule is O=C1Nc2ncc(/C=C/C(=O)N3CC4C=C(c5ccccc5)CC4C3)cc2C(=O)N2CCNCC12. The molecule has 0 spiro atoms. The zero-order valence-electron chi connectivity index (χ0n) is 19.3. The molecule has 2 saturated heterocycles. The quantitative estimate of drug-likeness (QED) is 0.671. The van der Waals surface area contributed by atoms with Gasteiger partial charge in [-0.1, -0.05) is 36.4 Å². The monoisotopic (exact) mass is 469 g/mol. The van der Waals surface area contributed by atoms with Crippen molar-refractivity contribution < 1.29 is 14.4 Å². The molecule has 3 atom stereocenters. The molecule has 2 N–H and O–H groups in total. The predicted octanol–water partition coefficient (Wildman–Crippen LogP) is 2.02. The zero-order valence-corrected chi connectivity index (χ0v) is 19.3. The Bertz CT molecular complexity index is 1250. The number of nitrogens with one attached hydrogen (secondary N) is 2. The summed E-state index contributed by atoms with van der Waals surface area (Å²) in [7, 11) is 0. The van der Waals surface area contributed by atoms with Gasteiger partial charge in [-0.25, -0.2) is 4.98 Å². The number of hydrogen-bond donors (Lipinski definition) is 2. The number of amides is 3. The topological polar surface area (TPSA) is 94.6 Å². The number of allylic oxidation sites excluding steroid dienone is 1. The molecule has 178 valence electrons. The fourth-order valence-electron chi connectivity index (χ4n) is 5.60. The number of nitrogens with zero attached hydrogens (tertiary/aromatic N) is 3. The molecule has 0 saturated carbocycles. The number of piperazine rings is 1. The maximum Gasteiger partial charge on any atom is 0.258 e. The first-order chi connectivity index (χ1) is 17.1. The average molecular weight is 470 g/mol. The van der Waals surface area contributed by atoms with Crippen LogP contribution in [0.15, 0.2) is 54.7 Å². The number of aromatic nitrogens is 1. The summed E-state index contributed by atoms with van der Waals surface area (Å²) in [5.41, 5.74) is 3.65. The highest BCUT2D eigenvalue weighted by Crippen LogP contribution is 2.41. The highest BCUT2D eigenvalue weighted by atomic mass is 16.2. The number of carbonyl (C=O) groups excluding carboxylic acids is 3. The van der Waals surface area contributed by atoms with Gasteiger partial charge in [0, 0.05) is 45.0 Å².